The summed E-state index contributed by atoms with van der Waals surface area (Å²) in [7, 11) is 0. The first-order valence-corrected chi connectivity index (χ1v) is 6.43. The number of likely N-dealkylation sites (tertiary alicyclic amines) is 1. The van der Waals surface area contributed by atoms with Gasteiger partial charge >= 0.3 is 5.97 Å². The minimum atomic E-state index is -0.900. The molecule has 0 bridgehead atoms. The van der Waals surface area contributed by atoms with Gasteiger partial charge in [0.2, 0.25) is 0 Å². The van der Waals surface area contributed by atoms with Crippen molar-refractivity contribution in [3.05, 3.63) is 29.0 Å². The molecule has 0 saturated carbocycles. The van der Waals surface area contributed by atoms with Crippen molar-refractivity contribution in [1.82, 2.24) is 4.90 Å². The van der Waals surface area contributed by atoms with E-state index in [0.717, 1.165) is 6.07 Å². The fraction of sp³-hybridized carbons (Fsp3) is 0.385. The van der Waals surface area contributed by atoms with Gasteiger partial charge in [0.15, 0.2) is 6.61 Å². The zero-order valence-electron chi connectivity index (χ0n) is 10.5. The number of carbonyl (C=O) groups is 2. The molecule has 1 aliphatic rings. The van der Waals surface area contributed by atoms with Gasteiger partial charge in [0.25, 0.3) is 5.91 Å². The second kappa shape index (κ2) is 6.09. The molecule has 1 amide bonds. The van der Waals surface area contributed by atoms with Crippen LogP contribution in [0.2, 0.25) is 5.02 Å². The van der Waals surface area contributed by atoms with Crippen molar-refractivity contribution in [2.24, 2.45) is 5.92 Å². The molecule has 7 heteroatoms. The molecule has 1 heterocycles. The molecular weight excluding hydrogens is 289 g/mol. The lowest BCUT2D eigenvalue weighted by Crippen LogP contribution is -2.33. The lowest BCUT2D eigenvalue weighted by Gasteiger charge is -2.16. The van der Waals surface area contributed by atoms with Gasteiger partial charge in [0, 0.05) is 13.1 Å². The summed E-state index contributed by atoms with van der Waals surface area (Å²) in [6, 6.07) is 3.62. The molecule has 0 radical (unpaired) electrons. The predicted molar refractivity (Wildman–Crippen MR) is 69.2 cm³/mol. The Bertz CT molecular complexity index is 537. The van der Waals surface area contributed by atoms with E-state index in [1.165, 1.54) is 17.0 Å². The number of rotatable bonds is 4. The third-order valence-electron chi connectivity index (χ3n) is 3.14. The Balaban J connectivity index is 1.88. The van der Waals surface area contributed by atoms with Gasteiger partial charge in [0.05, 0.1) is 10.9 Å². The molecule has 2 rings (SSSR count). The highest BCUT2D eigenvalue weighted by Crippen LogP contribution is 2.25. The lowest BCUT2D eigenvalue weighted by atomic mass is 10.1. The SMILES string of the molecule is O=C(O)C1CCN(C(=O)COc2ccc(F)cc2Cl)C1. The summed E-state index contributed by atoms with van der Waals surface area (Å²) in [4.78, 5) is 24.1. The number of carboxylic acids is 1. The minimum Gasteiger partial charge on any atom is -0.482 e. The van der Waals surface area contributed by atoms with Crippen LogP contribution in [-0.4, -0.2) is 41.6 Å². The average molecular weight is 302 g/mol. The van der Waals surface area contributed by atoms with E-state index < -0.39 is 17.7 Å². The number of carboxylic acid groups (broad SMARTS) is 1. The first-order valence-electron chi connectivity index (χ1n) is 6.06. The van der Waals surface area contributed by atoms with E-state index >= 15 is 0 Å². The zero-order valence-corrected chi connectivity index (χ0v) is 11.3. The van der Waals surface area contributed by atoms with Crippen LogP contribution < -0.4 is 4.74 Å². The number of hydrogen-bond donors (Lipinski definition) is 1. The van der Waals surface area contributed by atoms with Gasteiger partial charge in [-0.1, -0.05) is 11.6 Å². The van der Waals surface area contributed by atoms with Gasteiger partial charge in [-0.2, -0.15) is 0 Å². The first kappa shape index (κ1) is 14.6. The van der Waals surface area contributed by atoms with Crippen LogP contribution in [0.15, 0.2) is 18.2 Å². The largest absolute Gasteiger partial charge is 0.482 e. The Hall–Kier alpha value is -1.82. The Kier molecular flexibility index (Phi) is 4.44. The van der Waals surface area contributed by atoms with Crippen LogP contribution in [0, 0.1) is 11.7 Å². The highest BCUT2D eigenvalue weighted by Gasteiger charge is 2.30. The number of aliphatic carboxylic acids is 1. The van der Waals surface area contributed by atoms with Crippen LogP contribution >= 0.6 is 11.6 Å². The number of benzene rings is 1. The summed E-state index contributed by atoms with van der Waals surface area (Å²) in [5.74, 6) is -2.00. The monoisotopic (exact) mass is 301 g/mol. The smallest absolute Gasteiger partial charge is 0.308 e. The summed E-state index contributed by atoms with van der Waals surface area (Å²) >= 11 is 5.77. The molecule has 1 aromatic rings. The van der Waals surface area contributed by atoms with E-state index in [0.29, 0.717) is 13.0 Å². The topological polar surface area (TPSA) is 66.8 Å². The fourth-order valence-electron chi connectivity index (χ4n) is 2.01. The Morgan fingerprint density at radius 3 is 2.85 bits per heavy atom. The van der Waals surface area contributed by atoms with Gasteiger partial charge in [-0.25, -0.2) is 4.39 Å². The Morgan fingerprint density at radius 1 is 1.50 bits per heavy atom. The third kappa shape index (κ3) is 3.39. The van der Waals surface area contributed by atoms with Crippen LogP contribution in [-0.2, 0) is 9.59 Å². The van der Waals surface area contributed by atoms with E-state index in [-0.39, 0.29) is 29.8 Å². The molecule has 5 nitrogen and oxygen atoms in total. The third-order valence-corrected chi connectivity index (χ3v) is 3.43. The van der Waals surface area contributed by atoms with E-state index in [4.69, 9.17) is 21.4 Å². The van der Waals surface area contributed by atoms with Gasteiger partial charge in [-0.3, -0.25) is 9.59 Å². The highest BCUT2D eigenvalue weighted by atomic mass is 35.5. The molecule has 1 aromatic carbocycles. The normalized spacial score (nSPS) is 18.1. The van der Waals surface area contributed by atoms with Crippen LogP contribution in [0.25, 0.3) is 0 Å². The summed E-state index contributed by atoms with van der Waals surface area (Å²) in [6.45, 7) is 0.336. The van der Waals surface area contributed by atoms with Crippen molar-refractivity contribution in [2.45, 2.75) is 6.42 Å². The Labute approximate surface area is 119 Å². The number of hydrogen-bond acceptors (Lipinski definition) is 3. The van der Waals surface area contributed by atoms with E-state index in [1.807, 2.05) is 0 Å². The predicted octanol–water partition coefficient (Wildman–Crippen LogP) is 1.79. The maximum Gasteiger partial charge on any atom is 0.308 e. The number of halogens is 2. The molecule has 0 spiro atoms. The average Bonchev–Trinajstić information content (AvgIpc) is 2.87. The van der Waals surface area contributed by atoms with E-state index in [9.17, 15) is 14.0 Å². The van der Waals surface area contributed by atoms with Gasteiger partial charge in [-0.05, 0) is 24.6 Å². The van der Waals surface area contributed by atoms with Crippen molar-refractivity contribution in [2.75, 3.05) is 19.7 Å². The second-order valence-corrected chi connectivity index (χ2v) is 4.93. The number of ether oxygens (including phenoxy) is 1. The summed E-state index contributed by atoms with van der Waals surface area (Å²) < 4.78 is 18.1. The van der Waals surface area contributed by atoms with Crippen LogP contribution in [0.4, 0.5) is 4.39 Å². The maximum atomic E-state index is 12.8. The molecule has 1 unspecified atom stereocenters. The van der Waals surface area contributed by atoms with Gasteiger partial charge < -0.3 is 14.7 Å². The molecule has 1 aliphatic heterocycles. The molecule has 0 aliphatic carbocycles. The summed E-state index contributed by atoms with van der Waals surface area (Å²) in [5, 5.41) is 8.95. The molecule has 0 aromatic heterocycles. The lowest BCUT2D eigenvalue weighted by molar-refractivity contribution is -0.141. The van der Waals surface area contributed by atoms with Crippen LogP contribution in [0.3, 0.4) is 0 Å². The van der Waals surface area contributed by atoms with Crippen molar-refractivity contribution < 1.29 is 23.8 Å². The van der Waals surface area contributed by atoms with Crippen molar-refractivity contribution >= 4 is 23.5 Å². The molecule has 1 atom stereocenters. The van der Waals surface area contributed by atoms with Crippen molar-refractivity contribution in [1.29, 1.82) is 0 Å². The molecule has 1 fully saturated rings. The molecular formula is C13H13ClFNO4. The molecule has 20 heavy (non-hydrogen) atoms. The van der Waals surface area contributed by atoms with Crippen molar-refractivity contribution in [3.8, 4) is 5.75 Å². The number of amides is 1. The molecule has 108 valence electrons. The van der Waals surface area contributed by atoms with Crippen LogP contribution in [0.5, 0.6) is 5.75 Å². The van der Waals surface area contributed by atoms with Crippen molar-refractivity contribution in [3.63, 3.8) is 0 Å². The summed E-state index contributed by atoms with van der Waals surface area (Å²) in [5.41, 5.74) is 0. The second-order valence-electron chi connectivity index (χ2n) is 4.53. The van der Waals surface area contributed by atoms with Crippen LogP contribution in [0.1, 0.15) is 6.42 Å². The van der Waals surface area contributed by atoms with Gasteiger partial charge in [0.1, 0.15) is 11.6 Å². The maximum absolute atomic E-state index is 12.8. The summed E-state index contributed by atoms with van der Waals surface area (Å²) in [6.07, 6.45) is 0.443. The molecule has 1 saturated heterocycles. The standard InChI is InChI=1S/C13H13ClFNO4/c14-10-5-9(15)1-2-11(10)20-7-12(17)16-4-3-8(6-16)13(18)19/h1-2,5,8H,3-4,6-7H2,(H,18,19). The van der Waals surface area contributed by atoms with Gasteiger partial charge in [-0.15, -0.1) is 0 Å². The first-order chi connectivity index (χ1) is 9.47. The number of carbonyl (C=O) groups excluding carboxylic acids is 1. The Morgan fingerprint density at radius 2 is 2.25 bits per heavy atom. The highest BCUT2D eigenvalue weighted by molar-refractivity contribution is 6.32. The van der Waals surface area contributed by atoms with E-state index in [2.05, 4.69) is 0 Å². The molecule has 1 N–H and O–H groups in total. The van der Waals surface area contributed by atoms with E-state index in [1.54, 1.807) is 0 Å². The quantitative estimate of drug-likeness (QED) is 0.921. The zero-order chi connectivity index (χ0) is 14.7. The fourth-order valence-corrected chi connectivity index (χ4v) is 2.23. The number of nitrogens with zero attached hydrogens (tertiary/aromatic N) is 1. The minimum absolute atomic E-state index is 0.0858.